The summed E-state index contributed by atoms with van der Waals surface area (Å²) in [4.78, 5) is 0. The smallest absolute Gasteiger partial charge is 0.187 e. The molecule has 37 nitrogen and oxygen atoms in total. The number of hydrogen-bond donors (Lipinski definition) is 23. The molecule has 7 aliphatic rings. The summed E-state index contributed by atoms with van der Waals surface area (Å²) in [7, 11) is 0. The first-order chi connectivity index (χ1) is 40.0. The van der Waals surface area contributed by atoms with Crippen LogP contribution >= 0.6 is 0 Å². The van der Waals surface area contributed by atoms with Crippen molar-refractivity contribution in [3.8, 4) is 0 Å². The van der Waals surface area contributed by atoms with Crippen molar-refractivity contribution in [3.05, 3.63) is 0 Å². The number of aliphatic hydroxyl groups is 22. The summed E-state index contributed by atoms with van der Waals surface area (Å²) in [5.41, 5.74) is 5.64. The molecule has 0 aromatic heterocycles. The molecule has 0 unspecified atom stereocenters. The molecule has 0 bridgehead atoms. The van der Waals surface area contributed by atoms with Crippen molar-refractivity contribution < 1.29 is 179 Å². The monoisotopic (exact) mass is 1240 g/mol. The van der Waals surface area contributed by atoms with Crippen molar-refractivity contribution in [1.82, 2.24) is 0 Å². The van der Waals surface area contributed by atoms with Gasteiger partial charge in [0, 0.05) is 6.61 Å². The predicted octanol–water partition coefficient (Wildman–Crippen LogP) is -15.1. The van der Waals surface area contributed by atoms with Crippen LogP contribution in [0.5, 0.6) is 0 Å². The van der Waals surface area contributed by atoms with Crippen LogP contribution in [0.4, 0.5) is 0 Å². The Balaban J connectivity index is 1.16. The fraction of sp³-hybridized carbons (Fsp3) is 1.00. The lowest BCUT2D eigenvalue weighted by Gasteiger charge is -2.50. The first-order valence-corrected chi connectivity index (χ1v) is 27.3. The van der Waals surface area contributed by atoms with Crippen LogP contribution in [0.15, 0.2) is 0 Å². The summed E-state index contributed by atoms with van der Waals surface area (Å²) in [5, 5.41) is 237. The third-order valence-corrected chi connectivity index (χ3v) is 15.6. The lowest BCUT2D eigenvalue weighted by Crippen LogP contribution is -2.68. The van der Waals surface area contributed by atoms with E-state index in [-0.39, 0.29) is 6.61 Å². The maximum Gasteiger partial charge on any atom is 0.187 e. The molecule has 7 aliphatic heterocycles. The van der Waals surface area contributed by atoms with E-state index in [1.165, 1.54) is 0 Å². The second-order valence-corrected chi connectivity index (χ2v) is 21.3. The third kappa shape index (κ3) is 15.3. The van der Waals surface area contributed by atoms with Crippen molar-refractivity contribution in [1.29, 1.82) is 0 Å². The van der Waals surface area contributed by atoms with Crippen LogP contribution in [-0.4, -0.2) is 387 Å². The fourth-order valence-electron chi connectivity index (χ4n) is 10.6. The minimum atomic E-state index is -2.22. The van der Waals surface area contributed by atoms with Crippen molar-refractivity contribution in [2.45, 2.75) is 234 Å². The number of nitrogens with two attached hydrogens (primary N) is 1. The van der Waals surface area contributed by atoms with Crippen LogP contribution in [0.1, 0.15) is 19.3 Å². The Morgan fingerprint density at radius 3 is 0.905 bits per heavy atom. The first-order valence-electron chi connectivity index (χ1n) is 27.3. The van der Waals surface area contributed by atoms with Gasteiger partial charge in [0.25, 0.3) is 0 Å². The molecule has 37 heteroatoms. The highest BCUT2D eigenvalue weighted by Gasteiger charge is 2.58. The average Bonchev–Trinajstić information content (AvgIpc) is 3.35. The van der Waals surface area contributed by atoms with Gasteiger partial charge in [-0.05, 0) is 25.8 Å². The van der Waals surface area contributed by atoms with Crippen LogP contribution in [0.25, 0.3) is 0 Å². The van der Waals surface area contributed by atoms with Crippen LogP contribution in [0, 0.1) is 0 Å². The van der Waals surface area contributed by atoms with Gasteiger partial charge in [0.05, 0.1) is 46.2 Å². The van der Waals surface area contributed by atoms with Crippen molar-refractivity contribution >= 4 is 0 Å². The summed E-state index contributed by atoms with van der Waals surface area (Å²) in [5.74, 6) is 0. The van der Waals surface area contributed by atoms with Gasteiger partial charge in [0.2, 0.25) is 0 Å². The maximum absolute atomic E-state index is 12.1. The molecule has 24 N–H and O–H groups in total. The van der Waals surface area contributed by atoms with Crippen LogP contribution in [-0.2, 0) is 66.3 Å². The van der Waals surface area contributed by atoms with Crippen molar-refractivity contribution in [2.24, 2.45) is 5.73 Å². The Morgan fingerprint density at radius 1 is 0.250 bits per heavy atom. The zero-order valence-electron chi connectivity index (χ0n) is 44.8. The Bertz CT molecular complexity index is 1930. The van der Waals surface area contributed by atoms with Gasteiger partial charge in [-0.1, -0.05) is 0 Å². The number of unbranched alkanes of at least 4 members (excludes halogenated alkanes) is 2. The van der Waals surface area contributed by atoms with Crippen molar-refractivity contribution in [2.75, 3.05) is 59.4 Å². The zero-order chi connectivity index (χ0) is 61.6. The molecule has 0 aliphatic carbocycles. The standard InChI is InChI=1S/C47H83NO36/c48-4-2-1-3-5-71-41-35(70)36(80-45-40(32(67)25(60)16(9-52)76-45)84-47-39(31(66)24(59)18(11-54)78-47)82-43-34(69)28(63)21(56)14(7-50)74-43)26(61)19(79-41)12-72-44-37(29(64)22(57)15(8-51)75-44)83-46-38(30(65)23(58)17(10-53)77-46)81-42-33(68)27(62)20(55)13(6-49)73-42/h13-47,49-70H,1-12,48H2/t13-,14-,15-,16-,17-,18-,19-,20-,21-,22-,23-,24-,25-,26-,27+,28+,29+,30+,31+,32+,33+,34+,35+,36+,37+,38+,39+,40+,41+,42-,43-,44+,45-,46-,47-/m1/s1. The van der Waals surface area contributed by atoms with Gasteiger partial charge in [0.15, 0.2) is 44.0 Å². The lowest BCUT2D eigenvalue weighted by atomic mass is 9.95. The fourth-order valence-corrected chi connectivity index (χ4v) is 10.6. The number of rotatable bonds is 25. The van der Waals surface area contributed by atoms with E-state index in [1.807, 2.05) is 0 Å². The molecule has 0 aromatic rings. The Morgan fingerprint density at radius 2 is 0.548 bits per heavy atom. The van der Waals surface area contributed by atoms with Gasteiger partial charge in [0.1, 0.15) is 171 Å². The molecule has 7 saturated heterocycles. The van der Waals surface area contributed by atoms with E-state index in [9.17, 15) is 112 Å². The SMILES string of the molecule is NCCCCCO[C@H]1O[C@H](CO[C@H]2O[C@H](CO)[C@@H](O)[C@H](O)[C@@H]2O[C@H]2O[C@H](CO)[C@@H](O)[C@H](O)[C@@H]2O[C@H]2O[C@H](CO)[C@@H](O)[C@H](O)[C@@H]2O)[C@@H](O)[C@H](O[C@H]2O[C@H](CO)[C@@H](O)[C@H](O)[C@@H]2O[C@H]2O[C@H](CO)[C@@H](O)[C@H](O)[C@@H]2O[C@H]2O[C@H](CO)[C@@H](O)[C@H](O)[C@@H]2O)[C@@H]1O. The van der Waals surface area contributed by atoms with Crippen molar-refractivity contribution in [3.63, 3.8) is 0 Å². The van der Waals surface area contributed by atoms with Crippen LogP contribution in [0.2, 0.25) is 0 Å². The second kappa shape index (κ2) is 31.5. The number of ether oxygens (including phenoxy) is 14. The van der Waals surface area contributed by atoms with E-state index < -0.39 is 261 Å². The molecular weight excluding hydrogens is 1150 g/mol. The van der Waals surface area contributed by atoms with Gasteiger partial charge in [-0.2, -0.15) is 0 Å². The lowest BCUT2D eigenvalue weighted by molar-refractivity contribution is -0.406. The van der Waals surface area contributed by atoms with E-state index in [4.69, 9.17) is 72.0 Å². The van der Waals surface area contributed by atoms with Gasteiger partial charge < -0.3 is 184 Å². The van der Waals surface area contributed by atoms with Gasteiger partial charge in [-0.25, -0.2) is 0 Å². The van der Waals surface area contributed by atoms with Gasteiger partial charge in [-0.3, -0.25) is 0 Å². The van der Waals surface area contributed by atoms with E-state index in [0.717, 1.165) is 0 Å². The van der Waals surface area contributed by atoms with E-state index >= 15 is 0 Å². The van der Waals surface area contributed by atoms with E-state index in [2.05, 4.69) is 0 Å². The molecular formula is C47H83NO36. The third-order valence-electron chi connectivity index (χ3n) is 15.6. The molecule has 492 valence electrons. The summed E-state index contributed by atoms with van der Waals surface area (Å²) < 4.78 is 81.3. The molecule has 84 heavy (non-hydrogen) atoms. The minimum Gasteiger partial charge on any atom is -0.394 e. The van der Waals surface area contributed by atoms with Crippen LogP contribution in [0.3, 0.4) is 0 Å². The maximum atomic E-state index is 12.1. The molecule has 7 heterocycles. The summed E-state index contributed by atoms with van der Waals surface area (Å²) in [6, 6.07) is 0. The summed E-state index contributed by atoms with van der Waals surface area (Å²) >= 11 is 0. The topological polar surface area (TPSA) is 600 Å². The molecule has 0 saturated carbocycles. The quantitative estimate of drug-likeness (QED) is 0.0377. The average molecular weight is 1240 g/mol. The zero-order valence-corrected chi connectivity index (χ0v) is 44.8. The molecule has 0 aromatic carbocycles. The molecule has 7 rings (SSSR count). The molecule has 7 fully saturated rings. The molecule has 0 amide bonds. The highest BCUT2D eigenvalue weighted by molar-refractivity contribution is 5.00. The Kier molecular flexibility index (Phi) is 26.2. The largest absolute Gasteiger partial charge is 0.394 e. The second-order valence-electron chi connectivity index (χ2n) is 21.3. The number of hydrogen-bond acceptors (Lipinski definition) is 37. The number of aliphatic hydroxyl groups excluding tert-OH is 22. The summed E-state index contributed by atoms with van der Waals surface area (Å²) in [6.45, 7) is -6.59. The Hall–Kier alpha value is -1.48. The summed E-state index contributed by atoms with van der Waals surface area (Å²) in [6.07, 6.45) is -67.6. The van der Waals surface area contributed by atoms with E-state index in [0.29, 0.717) is 25.8 Å². The van der Waals surface area contributed by atoms with E-state index in [1.54, 1.807) is 0 Å². The predicted molar refractivity (Wildman–Crippen MR) is 258 cm³/mol. The molecule has 0 spiro atoms. The van der Waals surface area contributed by atoms with Gasteiger partial charge >= 0.3 is 0 Å². The van der Waals surface area contributed by atoms with Crippen LogP contribution < -0.4 is 5.73 Å². The Labute approximate surface area is 477 Å². The first kappa shape index (κ1) is 70.0. The molecule has 0 radical (unpaired) electrons. The molecule has 35 atom stereocenters. The normalized spacial score (nSPS) is 50.5. The highest BCUT2D eigenvalue weighted by Crippen LogP contribution is 2.38. The highest BCUT2D eigenvalue weighted by atomic mass is 16.8. The minimum absolute atomic E-state index is 0.136. The van der Waals surface area contributed by atoms with Gasteiger partial charge in [-0.15, -0.1) is 0 Å².